The van der Waals surface area contributed by atoms with Crippen molar-refractivity contribution in [1.82, 2.24) is 4.90 Å². The third-order valence-corrected chi connectivity index (χ3v) is 5.75. The van der Waals surface area contributed by atoms with Crippen molar-refractivity contribution in [2.24, 2.45) is 0 Å². The van der Waals surface area contributed by atoms with Crippen molar-refractivity contribution in [1.29, 1.82) is 0 Å². The highest BCUT2D eigenvalue weighted by molar-refractivity contribution is 5.89. The number of ether oxygens (including phenoxy) is 3. The summed E-state index contributed by atoms with van der Waals surface area (Å²) in [6, 6.07) is 6.09. The molecule has 1 aromatic rings. The Morgan fingerprint density at radius 2 is 2.00 bits per heavy atom. The first-order valence-electron chi connectivity index (χ1n) is 7.73. The molecule has 0 aromatic heterocycles. The van der Waals surface area contributed by atoms with E-state index in [4.69, 9.17) is 14.2 Å². The van der Waals surface area contributed by atoms with Crippen LogP contribution < -0.4 is 9.47 Å². The molecule has 0 N–H and O–H groups in total. The lowest BCUT2D eigenvalue weighted by Crippen LogP contribution is -2.51. The first kappa shape index (κ1) is 14.0. The Kier molecular flexibility index (Phi) is 2.84. The molecule has 3 unspecified atom stereocenters. The van der Waals surface area contributed by atoms with Gasteiger partial charge in [0.15, 0.2) is 29.1 Å². The zero-order valence-corrected chi connectivity index (χ0v) is 13.2. The van der Waals surface area contributed by atoms with Gasteiger partial charge in [0.1, 0.15) is 0 Å². The molecule has 3 aliphatic rings. The van der Waals surface area contributed by atoms with Crippen LogP contribution in [0.2, 0.25) is 0 Å². The Morgan fingerprint density at radius 3 is 2.73 bits per heavy atom. The number of methoxy groups -OCH3 is 2. The first-order valence-corrected chi connectivity index (χ1v) is 7.73. The van der Waals surface area contributed by atoms with Gasteiger partial charge in [-0.1, -0.05) is 6.07 Å². The lowest BCUT2D eigenvalue weighted by atomic mass is 9.65. The van der Waals surface area contributed by atoms with Crippen LogP contribution in [0, 0.1) is 0 Å². The van der Waals surface area contributed by atoms with Crippen LogP contribution in [0.3, 0.4) is 0 Å². The van der Waals surface area contributed by atoms with E-state index in [1.807, 2.05) is 12.1 Å². The van der Waals surface area contributed by atoms with Crippen LogP contribution in [0.15, 0.2) is 18.2 Å². The Hall–Kier alpha value is -1.59. The fourth-order valence-electron chi connectivity index (χ4n) is 4.55. The molecule has 5 nitrogen and oxygen atoms in total. The second-order valence-electron chi connectivity index (χ2n) is 6.48. The smallest absolute Gasteiger partial charge is 0.166 e. The van der Waals surface area contributed by atoms with Crippen molar-refractivity contribution in [3.8, 4) is 11.5 Å². The van der Waals surface area contributed by atoms with Crippen LogP contribution in [0.25, 0.3) is 0 Å². The Morgan fingerprint density at radius 1 is 1.23 bits per heavy atom. The molecule has 1 aromatic carbocycles. The highest BCUT2D eigenvalue weighted by atomic mass is 16.6. The molecular weight excluding hydrogens is 282 g/mol. The number of nitrogens with zero attached hydrogens (tertiary/aromatic N) is 1. The van der Waals surface area contributed by atoms with Crippen LogP contribution in [0.4, 0.5) is 0 Å². The summed E-state index contributed by atoms with van der Waals surface area (Å²) in [5.41, 5.74) is 0.617. The largest absolute Gasteiger partial charge is 0.493 e. The number of carbonyl (C=O) groups excluding carboxylic acids is 1. The SMILES string of the molecule is COc1ccc(C23CCC(=O)C4OC42N(C)CC3)cc1OC. The van der Waals surface area contributed by atoms with Crippen molar-refractivity contribution >= 4 is 5.78 Å². The van der Waals surface area contributed by atoms with Crippen molar-refractivity contribution in [3.05, 3.63) is 23.8 Å². The molecule has 0 radical (unpaired) electrons. The third-order valence-electron chi connectivity index (χ3n) is 5.75. The number of Topliss-reactive ketones (excluding diaryl/α,β-unsaturated/α-hetero) is 1. The lowest BCUT2D eigenvalue weighted by molar-refractivity contribution is -0.121. The molecule has 1 spiro atoms. The normalized spacial score (nSPS) is 36.7. The van der Waals surface area contributed by atoms with Crippen LogP contribution >= 0.6 is 0 Å². The maximum Gasteiger partial charge on any atom is 0.166 e. The molecule has 2 saturated heterocycles. The van der Waals surface area contributed by atoms with E-state index >= 15 is 0 Å². The lowest BCUT2D eigenvalue weighted by Gasteiger charge is -2.38. The summed E-state index contributed by atoms with van der Waals surface area (Å²) in [5.74, 6) is 1.70. The molecule has 4 rings (SSSR count). The van der Waals surface area contributed by atoms with E-state index in [1.54, 1.807) is 14.2 Å². The maximum absolute atomic E-state index is 12.1. The molecule has 3 fully saturated rings. The minimum absolute atomic E-state index is 0.125. The molecule has 1 aliphatic carbocycles. The molecule has 2 aliphatic heterocycles. The molecule has 0 bridgehead atoms. The predicted octanol–water partition coefficient (Wildman–Crippen LogP) is 1.74. The molecule has 5 heteroatoms. The number of rotatable bonds is 3. The summed E-state index contributed by atoms with van der Waals surface area (Å²) >= 11 is 0. The van der Waals surface area contributed by atoms with E-state index < -0.39 is 5.72 Å². The van der Waals surface area contributed by atoms with Gasteiger partial charge in [-0.25, -0.2) is 0 Å². The van der Waals surface area contributed by atoms with Gasteiger partial charge in [0.2, 0.25) is 0 Å². The zero-order chi connectivity index (χ0) is 15.5. The number of hydrogen-bond acceptors (Lipinski definition) is 5. The predicted molar refractivity (Wildman–Crippen MR) is 80.3 cm³/mol. The second-order valence-corrected chi connectivity index (χ2v) is 6.48. The van der Waals surface area contributed by atoms with Crippen molar-refractivity contribution in [3.63, 3.8) is 0 Å². The quantitative estimate of drug-likeness (QED) is 0.796. The number of benzene rings is 1. The summed E-state index contributed by atoms with van der Waals surface area (Å²) in [6.45, 7) is 0.943. The highest BCUT2D eigenvalue weighted by Gasteiger charge is 2.78. The second kappa shape index (κ2) is 4.46. The summed E-state index contributed by atoms with van der Waals surface area (Å²) in [6.07, 6.45) is 2.17. The van der Waals surface area contributed by atoms with E-state index in [9.17, 15) is 4.79 Å². The number of hydrogen-bond donors (Lipinski definition) is 0. The zero-order valence-electron chi connectivity index (χ0n) is 13.2. The van der Waals surface area contributed by atoms with Crippen LogP contribution in [0.5, 0.6) is 11.5 Å². The molecule has 3 atom stereocenters. The van der Waals surface area contributed by atoms with Crippen LogP contribution in [-0.4, -0.2) is 50.3 Å². The fraction of sp³-hybridized carbons (Fsp3) is 0.588. The summed E-state index contributed by atoms with van der Waals surface area (Å²) < 4.78 is 16.8. The van der Waals surface area contributed by atoms with E-state index in [0.29, 0.717) is 6.42 Å². The summed E-state index contributed by atoms with van der Waals surface area (Å²) in [5, 5.41) is 0. The van der Waals surface area contributed by atoms with Gasteiger partial charge in [-0.3, -0.25) is 9.69 Å². The van der Waals surface area contributed by atoms with E-state index in [2.05, 4.69) is 18.0 Å². The van der Waals surface area contributed by atoms with Gasteiger partial charge in [0, 0.05) is 18.4 Å². The molecule has 118 valence electrons. The molecule has 0 amide bonds. The number of ketones is 1. The van der Waals surface area contributed by atoms with E-state index in [1.165, 1.54) is 5.56 Å². The summed E-state index contributed by atoms with van der Waals surface area (Å²) in [4.78, 5) is 14.3. The minimum atomic E-state index is -0.443. The van der Waals surface area contributed by atoms with Gasteiger partial charge in [-0.2, -0.15) is 0 Å². The molecule has 2 heterocycles. The van der Waals surface area contributed by atoms with Gasteiger partial charge in [-0.15, -0.1) is 0 Å². The Balaban J connectivity index is 1.83. The average Bonchev–Trinajstić information content (AvgIpc) is 3.25. The number of likely N-dealkylation sites (tertiary alicyclic amines) is 1. The fourth-order valence-corrected chi connectivity index (χ4v) is 4.55. The van der Waals surface area contributed by atoms with Gasteiger partial charge in [0.05, 0.1) is 14.2 Å². The maximum atomic E-state index is 12.1. The van der Waals surface area contributed by atoms with E-state index in [-0.39, 0.29) is 17.3 Å². The topological polar surface area (TPSA) is 51.3 Å². The van der Waals surface area contributed by atoms with Gasteiger partial charge >= 0.3 is 0 Å². The van der Waals surface area contributed by atoms with Gasteiger partial charge < -0.3 is 14.2 Å². The Labute approximate surface area is 130 Å². The Bertz CT molecular complexity index is 646. The summed E-state index contributed by atoms with van der Waals surface area (Å²) in [7, 11) is 5.34. The average molecular weight is 303 g/mol. The third kappa shape index (κ3) is 1.48. The monoisotopic (exact) mass is 303 g/mol. The minimum Gasteiger partial charge on any atom is -0.493 e. The first-order chi connectivity index (χ1) is 10.6. The number of carbonyl (C=O) groups is 1. The van der Waals surface area contributed by atoms with Gasteiger partial charge in [-0.05, 0) is 37.6 Å². The number of epoxide rings is 1. The van der Waals surface area contributed by atoms with Crippen LogP contribution in [-0.2, 0) is 14.9 Å². The standard InChI is InChI=1S/C17H21NO4/c1-18-9-8-16(7-6-12(19)15-17(16,18)22-15)11-4-5-13(20-2)14(10-11)21-3/h4-5,10,15H,6-9H2,1-3H3. The number of likely N-dealkylation sites (N-methyl/N-ethyl adjacent to an activating group) is 1. The van der Waals surface area contributed by atoms with Gasteiger partial charge in [0.25, 0.3) is 0 Å². The molecular formula is C17H21NO4. The van der Waals surface area contributed by atoms with E-state index in [0.717, 1.165) is 30.9 Å². The van der Waals surface area contributed by atoms with Crippen molar-refractivity contribution < 1.29 is 19.0 Å². The van der Waals surface area contributed by atoms with Crippen molar-refractivity contribution in [2.45, 2.75) is 36.5 Å². The van der Waals surface area contributed by atoms with Crippen molar-refractivity contribution in [2.75, 3.05) is 27.8 Å². The highest BCUT2D eigenvalue weighted by Crippen LogP contribution is 2.64. The molecule has 22 heavy (non-hydrogen) atoms. The molecule has 1 saturated carbocycles. The van der Waals surface area contributed by atoms with Crippen LogP contribution in [0.1, 0.15) is 24.8 Å².